The van der Waals surface area contributed by atoms with Crippen LogP contribution in [0, 0.1) is 39.9 Å². The van der Waals surface area contributed by atoms with Crippen LogP contribution in [0.1, 0.15) is 151 Å². The molecule has 0 aromatic rings. The van der Waals surface area contributed by atoms with Crippen molar-refractivity contribution in [3.05, 3.63) is 22.8 Å². The first kappa shape index (κ1) is 42.0. The summed E-state index contributed by atoms with van der Waals surface area (Å²) in [5.74, 6) is 0.244. The van der Waals surface area contributed by atoms with Crippen molar-refractivity contribution in [2.75, 3.05) is 26.2 Å². The maximum atomic E-state index is 14.2. The van der Waals surface area contributed by atoms with Crippen molar-refractivity contribution in [1.82, 2.24) is 10.6 Å². The van der Waals surface area contributed by atoms with Crippen LogP contribution in [0.3, 0.4) is 0 Å². The van der Waals surface area contributed by atoms with E-state index in [1.807, 2.05) is 0 Å². The molecule has 51 heavy (non-hydrogen) atoms. The first-order valence-electron chi connectivity index (χ1n) is 20.8. The third-order valence-electron chi connectivity index (χ3n) is 14.5. The van der Waals surface area contributed by atoms with Gasteiger partial charge < -0.3 is 31.3 Å². The molecule has 4 aliphatic rings. The molecule has 0 saturated heterocycles. The Labute approximate surface area is 310 Å². The monoisotopic (exact) mass is 714 g/mol. The SMILES string of the molecule is CC(=O)O[C@H]1C[C@@]2(C)C(C[C@@H](O)C3[C@@]4(C)CC[C@@H](O)[C@@H](C)C4CC[C@@]32C)/C1=C(\CCC=C(C)C)C(=O)NCCCCCCNCCCCCCN. The van der Waals surface area contributed by atoms with Crippen LogP contribution in [0.15, 0.2) is 22.8 Å². The average molecular weight is 714 g/mol. The highest BCUT2D eigenvalue weighted by Gasteiger charge is 2.70. The van der Waals surface area contributed by atoms with Crippen LogP contribution in [0.4, 0.5) is 0 Å². The summed E-state index contributed by atoms with van der Waals surface area (Å²) in [6, 6.07) is 0. The van der Waals surface area contributed by atoms with Crippen LogP contribution in [0.25, 0.3) is 0 Å². The lowest BCUT2D eigenvalue weighted by atomic mass is 9.36. The number of nitrogens with two attached hydrogens (primary N) is 1. The van der Waals surface area contributed by atoms with E-state index in [-0.39, 0.29) is 52.0 Å². The van der Waals surface area contributed by atoms with Crippen LogP contribution >= 0.6 is 0 Å². The number of hydrogen-bond acceptors (Lipinski definition) is 7. The number of carbonyl (C=O) groups is 2. The molecule has 292 valence electrons. The van der Waals surface area contributed by atoms with Crippen molar-refractivity contribution in [3.63, 3.8) is 0 Å². The number of ether oxygens (including phenoxy) is 1. The zero-order chi connectivity index (χ0) is 37.4. The molecule has 0 radical (unpaired) electrons. The number of nitrogens with one attached hydrogen (secondary N) is 2. The Kier molecular flexibility index (Phi) is 15.3. The van der Waals surface area contributed by atoms with E-state index in [4.69, 9.17) is 10.5 Å². The molecule has 4 saturated carbocycles. The van der Waals surface area contributed by atoms with E-state index in [0.717, 1.165) is 95.0 Å². The number of rotatable bonds is 18. The summed E-state index contributed by atoms with van der Waals surface area (Å²) in [5, 5.41) is 29.9. The number of allylic oxidation sites excluding steroid dienone is 2. The maximum absolute atomic E-state index is 14.2. The lowest BCUT2D eigenvalue weighted by molar-refractivity contribution is -0.234. The van der Waals surface area contributed by atoms with Gasteiger partial charge in [-0.05, 0) is 156 Å². The fourth-order valence-corrected chi connectivity index (χ4v) is 11.7. The number of esters is 1. The maximum Gasteiger partial charge on any atom is 0.303 e. The summed E-state index contributed by atoms with van der Waals surface area (Å²) in [6.45, 7) is 18.5. The lowest BCUT2D eigenvalue weighted by Gasteiger charge is -2.69. The van der Waals surface area contributed by atoms with E-state index in [9.17, 15) is 19.8 Å². The van der Waals surface area contributed by atoms with Crippen molar-refractivity contribution >= 4 is 11.9 Å². The summed E-state index contributed by atoms with van der Waals surface area (Å²) >= 11 is 0. The topological polar surface area (TPSA) is 134 Å². The van der Waals surface area contributed by atoms with E-state index < -0.39 is 12.2 Å². The quantitative estimate of drug-likeness (QED) is 0.0434. The van der Waals surface area contributed by atoms with Gasteiger partial charge in [-0.15, -0.1) is 0 Å². The molecule has 10 atom stereocenters. The van der Waals surface area contributed by atoms with Gasteiger partial charge in [0.2, 0.25) is 5.91 Å². The van der Waals surface area contributed by atoms with Crippen molar-refractivity contribution in [3.8, 4) is 0 Å². The Morgan fingerprint density at radius 2 is 1.53 bits per heavy atom. The Balaban J connectivity index is 1.51. The molecule has 0 aromatic carbocycles. The molecule has 6 N–H and O–H groups in total. The first-order chi connectivity index (χ1) is 24.2. The van der Waals surface area contributed by atoms with E-state index in [2.05, 4.69) is 58.3 Å². The second kappa shape index (κ2) is 18.5. The minimum atomic E-state index is -0.526. The lowest BCUT2D eigenvalue weighted by Crippen LogP contribution is -2.65. The second-order valence-corrected chi connectivity index (χ2v) is 18.0. The number of unbranched alkanes of at least 4 members (excludes halogenated alkanes) is 6. The first-order valence-corrected chi connectivity index (χ1v) is 20.8. The molecule has 0 aliphatic heterocycles. The minimum Gasteiger partial charge on any atom is -0.458 e. The highest BCUT2D eigenvalue weighted by molar-refractivity contribution is 5.94. The molecule has 3 unspecified atom stereocenters. The smallest absolute Gasteiger partial charge is 0.303 e. The molecule has 0 aromatic heterocycles. The van der Waals surface area contributed by atoms with Crippen LogP contribution in [0.2, 0.25) is 0 Å². The number of carbonyl (C=O) groups excluding carboxylic acids is 2. The van der Waals surface area contributed by atoms with Crippen LogP contribution in [0.5, 0.6) is 0 Å². The van der Waals surface area contributed by atoms with Crippen LogP contribution in [-0.4, -0.2) is 66.6 Å². The molecule has 8 heteroatoms. The van der Waals surface area contributed by atoms with Gasteiger partial charge in [0.25, 0.3) is 0 Å². The Hall–Kier alpha value is -1.74. The van der Waals surface area contributed by atoms with Gasteiger partial charge in [0.15, 0.2) is 0 Å². The molecule has 8 nitrogen and oxygen atoms in total. The molecule has 0 heterocycles. The Morgan fingerprint density at radius 3 is 2.16 bits per heavy atom. The number of aliphatic hydroxyl groups excluding tert-OH is 2. The predicted molar refractivity (Wildman–Crippen MR) is 207 cm³/mol. The molecular formula is C43H75N3O5. The molecule has 0 spiro atoms. The van der Waals surface area contributed by atoms with Gasteiger partial charge in [0.1, 0.15) is 6.10 Å². The number of hydrogen-bond donors (Lipinski definition) is 5. The zero-order valence-electron chi connectivity index (χ0n) is 33.5. The summed E-state index contributed by atoms with van der Waals surface area (Å²) in [7, 11) is 0. The fourth-order valence-electron chi connectivity index (χ4n) is 11.7. The van der Waals surface area contributed by atoms with Crippen molar-refractivity contribution < 1.29 is 24.5 Å². The number of fused-ring (bicyclic) bond motifs is 5. The van der Waals surface area contributed by atoms with Crippen molar-refractivity contribution in [2.45, 2.75) is 170 Å². The van der Waals surface area contributed by atoms with E-state index in [0.29, 0.717) is 31.7 Å². The highest BCUT2D eigenvalue weighted by atomic mass is 16.5. The van der Waals surface area contributed by atoms with Gasteiger partial charge in [0.05, 0.1) is 12.2 Å². The largest absolute Gasteiger partial charge is 0.458 e. The van der Waals surface area contributed by atoms with Gasteiger partial charge in [-0.25, -0.2) is 0 Å². The Morgan fingerprint density at radius 1 is 0.882 bits per heavy atom. The third-order valence-corrected chi connectivity index (χ3v) is 14.5. The highest BCUT2D eigenvalue weighted by Crippen LogP contribution is 2.74. The summed E-state index contributed by atoms with van der Waals surface area (Å²) < 4.78 is 6.17. The van der Waals surface area contributed by atoms with Crippen LogP contribution < -0.4 is 16.4 Å². The van der Waals surface area contributed by atoms with Crippen molar-refractivity contribution in [2.24, 2.45) is 45.7 Å². The molecule has 4 fully saturated rings. The van der Waals surface area contributed by atoms with Gasteiger partial charge in [0, 0.05) is 19.0 Å². The van der Waals surface area contributed by atoms with Crippen LogP contribution in [-0.2, 0) is 14.3 Å². The minimum absolute atomic E-state index is 0.0441. The van der Waals surface area contributed by atoms with E-state index in [1.165, 1.54) is 31.8 Å². The molecular weight excluding hydrogens is 638 g/mol. The summed E-state index contributed by atoms with van der Waals surface area (Å²) in [6.07, 6.45) is 16.2. The third kappa shape index (κ3) is 9.32. The molecule has 4 aliphatic carbocycles. The molecule has 0 bridgehead atoms. The number of aliphatic hydroxyl groups is 2. The fraction of sp³-hybridized carbons (Fsp3) is 0.860. The predicted octanol–water partition coefficient (Wildman–Crippen LogP) is 7.37. The zero-order valence-corrected chi connectivity index (χ0v) is 33.5. The normalized spacial score (nSPS) is 36.8. The standard InChI is InChI=1S/C43H75N3O5/c1-29(2)17-16-18-32(40(50)46-26-15-11-10-14-25-45-24-13-9-8-12-23-44)38-34-27-36(49)39-41(5)21-20-35(48)30(3)33(41)19-22-42(39,6)43(34,7)28-37(38)51-31(4)47/h17,30,33-37,39,45,48-49H,8-16,18-28,44H2,1-7H3,(H,46,50)/b38-32-/t30-,33?,34?,35+,36+,37-,39?,41-,42-,43-/m0/s1. The second-order valence-electron chi connectivity index (χ2n) is 18.0. The van der Waals surface area contributed by atoms with Gasteiger partial charge in [-0.2, -0.15) is 0 Å². The summed E-state index contributed by atoms with van der Waals surface area (Å²) in [5.41, 5.74) is 7.98. The summed E-state index contributed by atoms with van der Waals surface area (Å²) in [4.78, 5) is 26.9. The molecule has 1 amide bonds. The molecule has 4 rings (SSSR count). The number of amides is 1. The van der Waals surface area contributed by atoms with E-state index in [1.54, 1.807) is 0 Å². The van der Waals surface area contributed by atoms with Gasteiger partial charge in [-0.1, -0.05) is 65.0 Å². The van der Waals surface area contributed by atoms with Gasteiger partial charge >= 0.3 is 5.97 Å². The average Bonchev–Trinajstić information content (AvgIpc) is 3.34. The Bertz CT molecular complexity index is 1230. The van der Waals surface area contributed by atoms with Crippen molar-refractivity contribution in [1.29, 1.82) is 0 Å². The van der Waals surface area contributed by atoms with Gasteiger partial charge in [-0.3, -0.25) is 9.59 Å². The van der Waals surface area contributed by atoms with E-state index >= 15 is 0 Å².